The Bertz CT molecular complexity index is 604. The highest BCUT2D eigenvalue weighted by molar-refractivity contribution is 6.60. The van der Waals surface area contributed by atoms with Gasteiger partial charge in [-0.15, -0.1) is 0 Å². The summed E-state index contributed by atoms with van der Waals surface area (Å²) in [5, 5.41) is 0. The van der Waals surface area contributed by atoms with Crippen LogP contribution >= 0.6 is 0 Å². The molecule has 0 radical (unpaired) electrons. The van der Waals surface area contributed by atoms with E-state index in [1.165, 1.54) is 0 Å². The second-order valence-electron chi connectivity index (χ2n) is 7.54. The van der Waals surface area contributed by atoms with E-state index in [2.05, 4.69) is 0 Å². The first kappa shape index (κ1) is 27.9. The van der Waals surface area contributed by atoms with Crippen LogP contribution in [0.1, 0.15) is 68.1 Å². The van der Waals surface area contributed by atoms with Crippen molar-refractivity contribution in [2.45, 2.75) is 76.2 Å². The first-order chi connectivity index (χ1) is 14.5. The molecule has 1 aromatic rings. The summed E-state index contributed by atoms with van der Waals surface area (Å²) in [4.78, 5) is 0. The lowest BCUT2D eigenvalue weighted by Crippen LogP contribution is -2.42. The van der Waals surface area contributed by atoms with Crippen molar-refractivity contribution >= 4 is 8.80 Å². The van der Waals surface area contributed by atoms with Crippen LogP contribution in [-0.2, 0) is 32.1 Å². The molecule has 0 saturated heterocycles. The van der Waals surface area contributed by atoms with E-state index in [1.54, 1.807) is 21.3 Å². The Morgan fingerprint density at radius 2 is 1.00 bits per heavy atom. The average Bonchev–Trinajstić information content (AvgIpc) is 2.71. The van der Waals surface area contributed by atoms with Crippen molar-refractivity contribution in [3.8, 4) is 0 Å². The molecule has 0 atom stereocenters. The SMILES string of the molecule is CO[Si](CCCCCCCCCCc1cc(C(F)(F)F)cc(C(F)(F)F)c1)(OC)OC. The molecule has 0 unspecified atom stereocenters. The van der Waals surface area contributed by atoms with Gasteiger partial charge in [0, 0.05) is 27.4 Å². The second-order valence-corrected chi connectivity index (χ2v) is 10.6. The molecule has 1 aromatic carbocycles. The van der Waals surface area contributed by atoms with E-state index in [0.29, 0.717) is 6.42 Å². The molecule has 0 aromatic heterocycles. The van der Waals surface area contributed by atoms with Crippen LogP contribution in [0.5, 0.6) is 0 Å². The monoisotopic (exact) mass is 474 g/mol. The number of aryl methyl sites for hydroxylation is 1. The van der Waals surface area contributed by atoms with Crippen LogP contribution in [0.25, 0.3) is 0 Å². The van der Waals surface area contributed by atoms with E-state index < -0.39 is 32.3 Å². The quantitative estimate of drug-likeness (QED) is 0.161. The fourth-order valence-corrected chi connectivity index (χ4v) is 5.25. The third-order valence-corrected chi connectivity index (χ3v) is 8.11. The predicted octanol–water partition coefficient (Wildman–Crippen LogP) is 7.27. The Kier molecular flexibility index (Phi) is 11.5. The van der Waals surface area contributed by atoms with Gasteiger partial charge in [-0.05, 0) is 43.0 Å². The van der Waals surface area contributed by atoms with Crippen LogP contribution in [-0.4, -0.2) is 30.1 Å². The Morgan fingerprint density at radius 1 is 0.613 bits per heavy atom. The molecule has 180 valence electrons. The number of halogens is 6. The summed E-state index contributed by atoms with van der Waals surface area (Å²) in [7, 11) is 2.25. The van der Waals surface area contributed by atoms with Crippen molar-refractivity contribution in [2.24, 2.45) is 0 Å². The number of alkyl halides is 6. The molecule has 3 nitrogen and oxygen atoms in total. The lowest BCUT2D eigenvalue weighted by atomic mass is 9.99. The standard InChI is InChI=1S/C21H32F6O3Si/c1-28-31(29-2,30-3)13-11-9-7-5-4-6-8-10-12-17-14-18(20(22,23)24)16-19(15-17)21(25,26)27/h14-16H,4-13H2,1-3H3. The van der Waals surface area contributed by atoms with E-state index in [-0.39, 0.29) is 18.1 Å². The zero-order chi connectivity index (χ0) is 23.5. The van der Waals surface area contributed by atoms with Crippen molar-refractivity contribution < 1.29 is 39.6 Å². The van der Waals surface area contributed by atoms with Gasteiger partial charge >= 0.3 is 21.2 Å². The first-order valence-electron chi connectivity index (χ1n) is 10.4. The number of hydrogen-bond donors (Lipinski definition) is 0. The molecule has 0 aliphatic rings. The third-order valence-electron chi connectivity index (χ3n) is 5.28. The first-order valence-corrected chi connectivity index (χ1v) is 12.3. The minimum atomic E-state index is -4.80. The maximum atomic E-state index is 12.9. The minimum absolute atomic E-state index is 0.0734. The molecule has 10 heteroatoms. The fourth-order valence-electron chi connectivity index (χ4n) is 3.45. The smallest absolute Gasteiger partial charge is 0.377 e. The van der Waals surface area contributed by atoms with Crippen LogP contribution in [0.2, 0.25) is 6.04 Å². The lowest BCUT2D eigenvalue weighted by molar-refractivity contribution is -0.143. The molecule has 31 heavy (non-hydrogen) atoms. The molecular formula is C21H32F6O3Si. The topological polar surface area (TPSA) is 27.7 Å². The molecule has 1 rings (SSSR count). The minimum Gasteiger partial charge on any atom is -0.377 e. The molecule has 0 aliphatic heterocycles. The Labute approximate surface area is 181 Å². The summed E-state index contributed by atoms with van der Waals surface area (Å²) in [6, 6.07) is 2.56. The predicted molar refractivity (Wildman–Crippen MR) is 109 cm³/mol. The number of hydrogen-bond acceptors (Lipinski definition) is 3. The van der Waals surface area contributed by atoms with E-state index in [4.69, 9.17) is 13.3 Å². The lowest BCUT2D eigenvalue weighted by Gasteiger charge is -2.24. The van der Waals surface area contributed by atoms with Gasteiger partial charge in [0.1, 0.15) is 0 Å². The van der Waals surface area contributed by atoms with Crippen LogP contribution in [0.3, 0.4) is 0 Å². The normalized spacial score (nSPS) is 13.1. The van der Waals surface area contributed by atoms with E-state index >= 15 is 0 Å². The zero-order valence-corrected chi connectivity index (χ0v) is 19.3. The highest BCUT2D eigenvalue weighted by Crippen LogP contribution is 2.36. The number of benzene rings is 1. The highest BCUT2D eigenvalue weighted by Gasteiger charge is 2.37. The second kappa shape index (κ2) is 12.8. The number of unbranched alkanes of at least 4 members (excludes halogenated alkanes) is 7. The molecule has 0 aliphatic carbocycles. The van der Waals surface area contributed by atoms with Gasteiger partial charge < -0.3 is 13.3 Å². The Morgan fingerprint density at radius 3 is 1.39 bits per heavy atom. The van der Waals surface area contributed by atoms with Crippen LogP contribution in [0.4, 0.5) is 26.3 Å². The van der Waals surface area contributed by atoms with Crippen LogP contribution < -0.4 is 0 Å². The summed E-state index contributed by atoms with van der Waals surface area (Å²) < 4.78 is 93.5. The highest BCUT2D eigenvalue weighted by atomic mass is 28.4. The molecule has 0 spiro atoms. The Hall–Kier alpha value is -1.10. The molecule has 0 bridgehead atoms. The molecule has 0 heterocycles. The van der Waals surface area contributed by atoms with E-state index in [9.17, 15) is 26.3 Å². The Balaban J connectivity index is 2.32. The van der Waals surface area contributed by atoms with Crippen molar-refractivity contribution in [3.05, 3.63) is 34.9 Å². The largest absolute Gasteiger partial charge is 0.500 e. The van der Waals surface area contributed by atoms with Gasteiger partial charge in [0.05, 0.1) is 11.1 Å². The fraction of sp³-hybridized carbons (Fsp3) is 0.714. The van der Waals surface area contributed by atoms with E-state index in [0.717, 1.165) is 63.1 Å². The van der Waals surface area contributed by atoms with Gasteiger partial charge in [-0.3, -0.25) is 0 Å². The summed E-state index contributed by atoms with van der Waals surface area (Å²) in [6.45, 7) is 0. The van der Waals surface area contributed by atoms with Gasteiger partial charge in [0.25, 0.3) is 0 Å². The van der Waals surface area contributed by atoms with Crippen molar-refractivity contribution in [1.29, 1.82) is 0 Å². The maximum absolute atomic E-state index is 12.9. The van der Waals surface area contributed by atoms with Crippen molar-refractivity contribution in [2.75, 3.05) is 21.3 Å². The van der Waals surface area contributed by atoms with Crippen LogP contribution in [0, 0.1) is 0 Å². The third kappa shape index (κ3) is 9.92. The molecule has 0 N–H and O–H groups in total. The summed E-state index contributed by atoms with van der Waals surface area (Å²) in [6.07, 6.45) is -2.14. The molecular weight excluding hydrogens is 442 g/mol. The maximum Gasteiger partial charge on any atom is 0.500 e. The van der Waals surface area contributed by atoms with Gasteiger partial charge in [-0.25, -0.2) is 0 Å². The molecule has 0 saturated carbocycles. The number of rotatable bonds is 14. The summed E-state index contributed by atoms with van der Waals surface area (Å²) in [5.74, 6) is 0. The van der Waals surface area contributed by atoms with Gasteiger partial charge in [-0.1, -0.05) is 38.5 Å². The van der Waals surface area contributed by atoms with Gasteiger partial charge in [0.2, 0.25) is 0 Å². The van der Waals surface area contributed by atoms with Gasteiger partial charge in [0.15, 0.2) is 0 Å². The summed E-state index contributed by atoms with van der Waals surface area (Å²) >= 11 is 0. The van der Waals surface area contributed by atoms with Crippen LogP contribution in [0.15, 0.2) is 18.2 Å². The summed E-state index contributed by atoms with van der Waals surface area (Å²) in [5.41, 5.74) is -2.43. The zero-order valence-electron chi connectivity index (χ0n) is 18.3. The average molecular weight is 475 g/mol. The van der Waals surface area contributed by atoms with Gasteiger partial charge in [-0.2, -0.15) is 26.3 Å². The molecule has 0 fully saturated rings. The van der Waals surface area contributed by atoms with Crippen molar-refractivity contribution in [3.63, 3.8) is 0 Å². The molecule has 0 amide bonds. The van der Waals surface area contributed by atoms with Crippen molar-refractivity contribution in [1.82, 2.24) is 0 Å². The van der Waals surface area contributed by atoms with E-state index in [1.807, 2.05) is 0 Å².